The Hall–Kier alpha value is -2.38. The summed E-state index contributed by atoms with van der Waals surface area (Å²) in [6.07, 6.45) is 0. The second-order valence-electron chi connectivity index (χ2n) is 4.69. The van der Waals surface area contributed by atoms with Crippen molar-refractivity contribution in [2.24, 2.45) is 5.14 Å². The van der Waals surface area contributed by atoms with E-state index in [2.05, 4.69) is 10.6 Å². The number of amides is 1. The molecule has 2 aromatic carbocycles. The fraction of sp³-hybridized carbons (Fsp3) is 0.133. The summed E-state index contributed by atoms with van der Waals surface area (Å²) >= 11 is 0. The Morgan fingerprint density at radius 2 is 1.64 bits per heavy atom. The van der Waals surface area contributed by atoms with Gasteiger partial charge in [0, 0.05) is 12.2 Å². The van der Waals surface area contributed by atoms with Crippen molar-refractivity contribution in [1.29, 1.82) is 0 Å². The highest BCUT2D eigenvalue weighted by Crippen LogP contribution is 2.08. The molecule has 6 nitrogen and oxygen atoms in total. The highest BCUT2D eigenvalue weighted by Gasteiger charge is 2.07. The first-order chi connectivity index (χ1) is 10.4. The molecule has 0 aliphatic heterocycles. The van der Waals surface area contributed by atoms with Gasteiger partial charge in [0.1, 0.15) is 0 Å². The number of primary sulfonamides is 1. The first-order valence-electron chi connectivity index (χ1n) is 6.62. The van der Waals surface area contributed by atoms with Gasteiger partial charge in [-0.1, -0.05) is 30.3 Å². The maximum Gasteiger partial charge on any atom is 0.239 e. The van der Waals surface area contributed by atoms with E-state index in [4.69, 9.17) is 5.14 Å². The van der Waals surface area contributed by atoms with E-state index < -0.39 is 10.0 Å². The molecule has 0 radical (unpaired) electrons. The minimum Gasteiger partial charge on any atom is -0.376 e. The second kappa shape index (κ2) is 7.06. The van der Waals surface area contributed by atoms with Crippen molar-refractivity contribution in [1.82, 2.24) is 5.32 Å². The molecular weight excluding hydrogens is 302 g/mol. The zero-order valence-electron chi connectivity index (χ0n) is 11.8. The number of anilines is 1. The van der Waals surface area contributed by atoms with Gasteiger partial charge in [-0.25, -0.2) is 13.6 Å². The third-order valence-electron chi connectivity index (χ3n) is 2.97. The number of hydrogen-bond donors (Lipinski definition) is 3. The van der Waals surface area contributed by atoms with Crippen LogP contribution in [0.5, 0.6) is 0 Å². The lowest BCUT2D eigenvalue weighted by molar-refractivity contribution is -0.119. The standard InChI is InChI=1S/C15H17N3O3S/c16-22(20,21)14-8-6-12(7-9-14)10-18-15(19)11-17-13-4-2-1-3-5-13/h1-9,17H,10-11H2,(H,18,19)(H2,16,20,21). The van der Waals surface area contributed by atoms with E-state index in [1.54, 1.807) is 12.1 Å². The van der Waals surface area contributed by atoms with Crippen LogP contribution in [0.4, 0.5) is 5.69 Å². The molecule has 0 saturated carbocycles. The van der Waals surface area contributed by atoms with Crippen LogP contribution in [0.3, 0.4) is 0 Å². The number of sulfonamides is 1. The number of carbonyl (C=O) groups excluding carboxylic acids is 1. The molecule has 7 heteroatoms. The van der Waals surface area contributed by atoms with Gasteiger partial charge in [0.2, 0.25) is 15.9 Å². The number of para-hydroxylation sites is 1. The molecule has 1 amide bonds. The van der Waals surface area contributed by atoms with Gasteiger partial charge in [-0.2, -0.15) is 0 Å². The molecule has 0 aliphatic carbocycles. The van der Waals surface area contributed by atoms with Gasteiger partial charge in [0.05, 0.1) is 11.4 Å². The predicted molar refractivity (Wildman–Crippen MR) is 84.6 cm³/mol. The monoisotopic (exact) mass is 319 g/mol. The Labute approximate surface area is 129 Å². The molecule has 0 saturated heterocycles. The minimum atomic E-state index is -3.69. The number of hydrogen-bond acceptors (Lipinski definition) is 4. The molecule has 4 N–H and O–H groups in total. The van der Waals surface area contributed by atoms with Crippen molar-refractivity contribution in [3.8, 4) is 0 Å². The highest BCUT2D eigenvalue weighted by atomic mass is 32.2. The van der Waals surface area contributed by atoms with Gasteiger partial charge in [-0.3, -0.25) is 4.79 Å². The number of benzene rings is 2. The van der Waals surface area contributed by atoms with Crippen molar-refractivity contribution >= 4 is 21.6 Å². The lowest BCUT2D eigenvalue weighted by Crippen LogP contribution is -2.29. The largest absolute Gasteiger partial charge is 0.376 e. The van der Waals surface area contributed by atoms with Gasteiger partial charge in [0.15, 0.2) is 0 Å². The SMILES string of the molecule is NS(=O)(=O)c1ccc(CNC(=O)CNc2ccccc2)cc1. The molecule has 0 atom stereocenters. The van der Waals surface area contributed by atoms with Crippen LogP contribution in [0.15, 0.2) is 59.5 Å². The molecule has 0 bridgehead atoms. The molecule has 2 rings (SSSR count). The van der Waals surface area contributed by atoms with Crippen molar-refractivity contribution in [2.75, 3.05) is 11.9 Å². The van der Waals surface area contributed by atoms with E-state index in [1.165, 1.54) is 12.1 Å². The van der Waals surface area contributed by atoms with Crippen LogP contribution < -0.4 is 15.8 Å². The van der Waals surface area contributed by atoms with E-state index >= 15 is 0 Å². The van der Waals surface area contributed by atoms with Crippen molar-refractivity contribution in [3.05, 3.63) is 60.2 Å². The van der Waals surface area contributed by atoms with E-state index in [0.29, 0.717) is 6.54 Å². The van der Waals surface area contributed by atoms with Gasteiger partial charge >= 0.3 is 0 Å². The number of nitrogens with two attached hydrogens (primary N) is 1. The van der Waals surface area contributed by atoms with E-state index in [-0.39, 0.29) is 17.3 Å². The third kappa shape index (κ3) is 4.87. The average molecular weight is 319 g/mol. The fourth-order valence-electron chi connectivity index (χ4n) is 1.80. The summed E-state index contributed by atoms with van der Waals surface area (Å²) in [5.74, 6) is -0.153. The van der Waals surface area contributed by atoms with Gasteiger partial charge in [0.25, 0.3) is 0 Å². The van der Waals surface area contributed by atoms with E-state index in [9.17, 15) is 13.2 Å². The molecule has 0 aromatic heterocycles. The lowest BCUT2D eigenvalue weighted by atomic mass is 10.2. The second-order valence-corrected chi connectivity index (χ2v) is 6.25. The normalized spacial score (nSPS) is 11.0. The summed E-state index contributed by atoms with van der Waals surface area (Å²) in [4.78, 5) is 11.8. The molecule has 0 fully saturated rings. The van der Waals surface area contributed by atoms with Crippen molar-refractivity contribution in [3.63, 3.8) is 0 Å². The quantitative estimate of drug-likeness (QED) is 0.741. The fourth-order valence-corrected chi connectivity index (χ4v) is 2.31. The number of rotatable bonds is 6. The zero-order valence-corrected chi connectivity index (χ0v) is 12.6. The summed E-state index contributed by atoms with van der Waals surface area (Å²) in [7, 11) is -3.69. The Bertz CT molecular complexity index is 728. The average Bonchev–Trinajstić information content (AvgIpc) is 2.51. The van der Waals surface area contributed by atoms with Gasteiger partial charge in [-0.05, 0) is 29.8 Å². The summed E-state index contributed by atoms with van der Waals surface area (Å²) in [5, 5.41) is 10.8. The molecule has 0 spiro atoms. The maximum absolute atomic E-state index is 11.7. The van der Waals surface area contributed by atoms with Gasteiger partial charge < -0.3 is 10.6 Å². The van der Waals surface area contributed by atoms with Crippen LogP contribution in [0.1, 0.15) is 5.56 Å². The molecule has 116 valence electrons. The molecule has 22 heavy (non-hydrogen) atoms. The van der Waals surface area contributed by atoms with Crippen molar-refractivity contribution in [2.45, 2.75) is 11.4 Å². The molecule has 0 heterocycles. The lowest BCUT2D eigenvalue weighted by Gasteiger charge is -2.08. The summed E-state index contributed by atoms with van der Waals surface area (Å²) < 4.78 is 22.3. The van der Waals surface area contributed by atoms with Crippen molar-refractivity contribution < 1.29 is 13.2 Å². The third-order valence-corrected chi connectivity index (χ3v) is 3.90. The number of nitrogens with one attached hydrogen (secondary N) is 2. The summed E-state index contributed by atoms with van der Waals surface area (Å²) in [6, 6.07) is 15.5. The first-order valence-corrected chi connectivity index (χ1v) is 8.17. The van der Waals surface area contributed by atoms with Crippen LogP contribution >= 0.6 is 0 Å². The Kier molecular flexibility index (Phi) is 5.13. The predicted octanol–water partition coefficient (Wildman–Crippen LogP) is 1.06. The van der Waals surface area contributed by atoms with Crippen LogP contribution in [0, 0.1) is 0 Å². The molecular formula is C15H17N3O3S. The minimum absolute atomic E-state index is 0.0494. The smallest absolute Gasteiger partial charge is 0.239 e. The molecule has 0 aliphatic rings. The van der Waals surface area contributed by atoms with Gasteiger partial charge in [-0.15, -0.1) is 0 Å². The Morgan fingerprint density at radius 1 is 1.00 bits per heavy atom. The van der Waals surface area contributed by atoms with E-state index in [1.807, 2.05) is 30.3 Å². The highest BCUT2D eigenvalue weighted by molar-refractivity contribution is 7.89. The maximum atomic E-state index is 11.7. The van der Waals surface area contributed by atoms with Crippen LogP contribution in [-0.2, 0) is 21.4 Å². The zero-order chi connectivity index (χ0) is 16.0. The molecule has 0 unspecified atom stereocenters. The number of carbonyl (C=O) groups is 1. The summed E-state index contributed by atoms with van der Waals surface area (Å²) in [5.41, 5.74) is 1.66. The Balaban J connectivity index is 1.81. The van der Waals surface area contributed by atoms with E-state index in [0.717, 1.165) is 11.3 Å². The van der Waals surface area contributed by atoms with Crippen LogP contribution in [-0.4, -0.2) is 20.9 Å². The van der Waals surface area contributed by atoms with Crippen LogP contribution in [0.2, 0.25) is 0 Å². The molecule has 2 aromatic rings. The summed E-state index contributed by atoms with van der Waals surface area (Å²) in [6.45, 7) is 0.486. The first kappa shape index (κ1) is 16.0. The van der Waals surface area contributed by atoms with Crippen LogP contribution in [0.25, 0.3) is 0 Å². The Morgan fingerprint density at radius 3 is 2.23 bits per heavy atom. The topological polar surface area (TPSA) is 101 Å².